The van der Waals surface area contributed by atoms with E-state index in [0.29, 0.717) is 0 Å². The van der Waals surface area contributed by atoms with Crippen LogP contribution in [-0.2, 0) is 14.4 Å². The van der Waals surface area contributed by atoms with E-state index in [1.54, 1.807) is 5.48 Å². The molecule has 1 unspecified atom stereocenters. The van der Waals surface area contributed by atoms with Crippen LogP contribution in [0.25, 0.3) is 0 Å². The Morgan fingerprint density at radius 1 is 1.53 bits per heavy atom. The zero-order valence-corrected chi connectivity index (χ0v) is 8.13. The van der Waals surface area contributed by atoms with Gasteiger partial charge in [-0.05, 0) is 6.42 Å². The molecule has 0 fully saturated rings. The number of halogens is 3. The number of hydrogen-bond acceptors (Lipinski definition) is 4. The summed E-state index contributed by atoms with van der Waals surface area (Å²) in [5.74, 6) is -0.809. The predicted octanol–water partition coefficient (Wildman–Crippen LogP) is -0.0397. The van der Waals surface area contributed by atoms with E-state index in [4.69, 9.17) is 5.73 Å². The number of carbonyl (C=O) groups is 1. The van der Waals surface area contributed by atoms with Crippen molar-refractivity contribution in [3.63, 3.8) is 0 Å². The number of rotatable bonds is 6. The van der Waals surface area contributed by atoms with E-state index >= 15 is 0 Å². The Kier molecular flexibility index (Phi) is 6.21. The Balaban J connectivity index is 3.64. The fraction of sp³-hybridized carbons (Fsp3) is 0.857. The van der Waals surface area contributed by atoms with Crippen molar-refractivity contribution in [1.29, 1.82) is 0 Å². The van der Waals surface area contributed by atoms with Crippen molar-refractivity contribution in [2.75, 3.05) is 20.3 Å². The van der Waals surface area contributed by atoms with Gasteiger partial charge >= 0.3 is 6.18 Å². The first-order chi connectivity index (χ1) is 6.87. The summed E-state index contributed by atoms with van der Waals surface area (Å²) < 4.78 is 39.4. The van der Waals surface area contributed by atoms with Gasteiger partial charge in [0.2, 0.25) is 0 Å². The molecule has 3 N–H and O–H groups in total. The van der Waals surface area contributed by atoms with E-state index in [-0.39, 0.29) is 13.0 Å². The molecular formula is C7H13F3N2O3. The molecule has 0 spiro atoms. The van der Waals surface area contributed by atoms with Crippen LogP contribution in [0.1, 0.15) is 6.42 Å². The van der Waals surface area contributed by atoms with E-state index in [0.717, 1.165) is 0 Å². The first kappa shape index (κ1) is 14.1. The lowest BCUT2D eigenvalue weighted by Crippen LogP contribution is -2.42. The fourth-order valence-corrected chi connectivity index (χ4v) is 0.641. The molecule has 0 saturated carbocycles. The first-order valence-electron chi connectivity index (χ1n) is 4.09. The molecule has 5 nitrogen and oxygen atoms in total. The molecule has 0 saturated heterocycles. The summed E-state index contributed by atoms with van der Waals surface area (Å²) in [6.45, 7) is -1.30. The molecule has 0 aromatic carbocycles. The lowest BCUT2D eigenvalue weighted by molar-refractivity contribution is -0.192. The highest BCUT2D eigenvalue weighted by Gasteiger charge is 2.28. The topological polar surface area (TPSA) is 73.6 Å². The molecule has 0 aliphatic heterocycles. The van der Waals surface area contributed by atoms with Gasteiger partial charge in [-0.25, -0.2) is 5.48 Å². The lowest BCUT2D eigenvalue weighted by atomic mass is 10.2. The Morgan fingerprint density at radius 2 is 2.13 bits per heavy atom. The largest absolute Gasteiger partial charge is 0.414 e. The van der Waals surface area contributed by atoms with E-state index in [9.17, 15) is 18.0 Å². The van der Waals surface area contributed by atoms with E-state index in [2.05, 4.69) is 9.57 Å². The standard InChI is InChI=1S/C7H13F3N2O3/c1-14-3-2-5(11)6(13)12-15-4-7(8,9)10/h5H,2-4,11H2,1H3,(H,12,13). The summed E-state index contributed by atoms with van der Waals surface area (Å²) in [5, 5.41) is 0. The van der Waals surface area contributed by atoms with Crippen LogP contribution < -0.4 is 11.2 Å². The van der Waals surface area contributed by atoms with Gasteiger partial charge in [-0.15, -0.1) is 0 Å². The smallest absolute Gasteiger partial charge is 0.385 e. The van der Waals surface area contributed by atoms with Gasteiger partial charge < -0.3 is 10.5 Å². The van der Waals surface area contributed by atoms with Gasteiger partial charge in [0.1, 0.15) is 0 Å². The summed E-state index contributed by atoms with van der Waals surface area (Å²) in [4.78, 5) is 14.9. The highest BCUT2D eigenvalue weighted by Crippen LogP contribution is 2.13. The highest BCUT2D eigenvalue weighted by molar-refractivity contribution is 5.80. The number of methoxy groups -OCH3 is 1. The van der Waals surface area contributed by atoms with E-state index in [1.807, 2.05) is 0 Å². The maximum Gasteiger partial charge on any atom is 0.414 e. The zero-order valence-electron chi connectivity index (χ0n) is 8.13. The number of amides is 1. The van der Waals surface area contributed by atoms with Crippen molar-refractivity contribution in [1.82, 2.24) is 5.48 Å². The quantitative estimate of drug-likeness (QED) is 0.628. The van der Waals surface area contributed by atoms with Gasteiger partial charge in [0, 0.05) is 13.7 Å². The van der Waals surface area contributed by atoms with Gasteiger partial charge in [-0.2, -0.15) is 13.2 Å². The number of carbonyl (C=O) groups excluding carboxylic acids is 1. The van der Waals surface area contributed by atoms with Crippen molar-refractivity contribution < 1.29 is 27.5 Å². The average Bonchev–Trinajstić information content (AvgIpc) is 2.11. The molecular weight excluding hydrogens is 217 g/mol. The number of hydrogen-bond donors (Lipinski definition) is 2. The molecule has 0 aromatic rings. The molecule has 0 rings (SSSR count). The number of alkyl halides is 3. The van der Waals surface area contributed by atoms with Crippen molar-refractivity contribution in [2.24, 2.45) is 5.73 Å². The molecule has 1 atom stereocenters. The van der Waals surface area contributed by atoms with Crippen molar-refractivity contribution >= 4 is 5.91 Å². The molecule has 0 aliphatic carbocycles. The Bertz CT molecular complexity index is 198. The van der Waals surface area contributed by atoms with Crippen LogP contribution in [0.2, 0.25) is 0 Å². The molecule has 90 valence electrons. The number of nitrogens with one attached hydrogen (secondary N) is 1. The SMILES string of the molecule is COCCC(N)C(=O)NOCC(F)(F)F. The van der Waals surface area contributed by atoms with Crippen LogP contribution in [0.4, 0.5) is 13.2 Å². The minimum atomic E-state index is -4.48. The average molecular weight is 230 g/mol. The second kappa shape index (κ2) is 6.59. The summed E-state index contributed by atoms with van der Waals surface area (Å²) in [6, 6.07) is -0.946. The van der Waals surface area contributed by atoms with Gasteiger partial charge in [0.25, 0.3) is 5.91 Å². The van der Waals surface area contributed by atoms with Gasteiger partial charge in [-0.3, -0.25) is 9.63 Å². The highest BCUT2D eigenvalue weighted by atomic mass is 19.4. The maximum absolute atomic E-state index is 11.6. The van der Waals surface area contributed by atoms with Gasteiger partial charge in [0.05, 0.1) is 6.04 Å². The fourth-order valence-electron chi connectivity index (χ4n) is 0.641. The minimum Gasteiger partial charge on any atom is -0.385 e. The molecule has 0 heterocycles. The molecule has 0 bridgehead atoms. The Morgan fingerprint density at radius 3 is 2.60 bits per heavy atom. The van der Waals surface area contributed by atoms with Crippen molar-refractivity contribution in [2.45, 2.75) is 18.6 Å². The Hall–Kier alpha value is -0.860. The van der Waals surface area contributed by atoms with E-state index < -0.39 is 24.7 Å². The summed E-state index contributed by atoms with van der Waals surface area (Å²) in [5.41, 5.74) is 6.91. The normalized spacial score (nSPS) is 13.7. The molecule has 8 heteroatoms. The number of nitrogens with two attached hydrogens (primary N) is 1. The van der Waals surface area contributed by atoms with Crippen LogP contribution in [0.3, 0.4) is 0 Å². The third-order valence-corrected chi connectivity index (χ3v) is 1.38. The van der Waals surface area contributed by atoms with Gasteiger partial charge in [0.15, 0.2) is 6.61 Å². The molecule has 1 amide bonds. The molecule has 0 radical (unpaired) electrons. The summed E-state index contributed by atoms with van der Waals surface area (Å²) >= 11 is 0. The number of ether oxygens (including phenoxy) is 1. The maximum atomic E-state index is 11.6. The summed E-state index contributed by atoms with van der Waals surface area (Å²) in [7, 11) is 1.42. The van der Waals surface area contributed by atoms with Crippen molar-refractivity contribution in [3.05, 3.63) is 0 Å². The lowest BCUT2D eigenvalue weighted by Gasteiger charge is -2.12. The van der Waals surface area contributed by atoms with E-state index in [1.165, 1.54) is 7.11 Å². The second-order valence-corrected chi connectivity index (χ2v) is 2.76. The van der Waals surface area contributed by atoms with Crippen LogP contribution in [0.5, 0.6) is 0 Å². The predicted molar refractivity (Wildman–Crippen MR) is 44.6 cm³/mol. The second-order valence-electron chi connectivity index (χ2n) is 2.76. The van der Waals surface area contributed by atoms with Crippen molar-refractivity contribution in [3.8, 4) is 0 Å². The molecule has 0 aromatic heterocycles. The molecule has 15 heavy (non-hydrogen) atoms. The van der Waals surface area contributed by atoms with Crippen LogP contribution in [0, 0.1) is 0 Å². The Labute approximate surface area is 84.7 Å². The first-order valence-corrected chi connectivity index (χ1v) is 4.09. The van der Waals surface area contributed by atoms with Crippen LogP contribution >= 0.6 is 0 Å². The monoisotopic (exact) mass is 230 g/mol. The van der Waals surface area contributed by atoms with Crippen LogP contribution in [0.15, 0.2) is 0 Å². The van der Waals surface area contributed by atoms with Crippen LogP contribution in [-0.4, -0.2) is 38.4 Å². The zero-order chi connectivity index (χ0) is 11.9. The third kappa shape index (κ3) is 8.16. The van der Waals surface area contributed by atoms with Gasteiger partial charge in [-0.1, -0.05) is 0 Å². The third-order valence-electron chi connectivity index (χ3n) is 1.38. The summed E-state index contributed by atoms with van der Waals surface area (Å²) in [6.07, 6.45) is -4.28. The minimum absolute atomic E-state index is 0.206. The molecule has 0 aliphatic rings. The number of hydroxylamine groups is 1.